The van der Waals surface area contributed by atoms with Gasteiger partial charge in [0.1, 0.15) is 35.0 Å². The Hall–Kier alpha value is -12.9. The summed E-state index contributed by atoms with van der Waals surface area (Å²) in [6.07, 6.45) is 3.78. The predicted molar refractivity (Wildman–Crippen MR) is 502 cm³/mol. The molecule has 4 aromatic heterocycles. The van der Waals surface area contributed by atoms with Gasteiger partial charge in [0.25, 0.3) is 28.1 Å². The highest BCUT2D eigenvalue weighted by atomic mass is 32.3. The highest BCUT2D eigenvalue weighted by molar-refractivity contribution is 8.19. The summed E-state index contributed by atoms with van der Waals surface area (Å²) in [4.78, 5) is 211. The van der Waals surface area contributed by atoms with Crippen molar-refractivity contribution >= 4 is 140 Å². The molecular weight excluding hydrogens is 1890 g/mol. The third-order valence-electron chi connectivity index (χ3n) is 22.2. The summed E-state index contributed by atoms with van der Waals surface area (Å²) in [6.45, 7) is 4.87. The average Bonchev–Trinajstić information content (AvgIpc) is 1.22. The van der Waals surface area contributed by atoms with Crippen LogP contribution in [0.25, 0.3) is 21.8 Å². The van der Waals surface area contributed by atoms with E-state index in [1.807, 2.05) is 0 Å². The molecule has 1 fully saturated rings. The maximum Gasteiger partial charge on any atom is 0.323 e. The number of hydrogen-bond donors (Lipinski definition) is 20. The van der Waals surface area contributed by atoms with E-state index >= 15 is 0 Å². The van der Waals surface area contributed by atoms with E-state index in [0.29, 0.717) is 45.3 Å². The fraction of sp³-hybridized carbons (Fsp3) is 0.447. The minimum Gasteiger partial charge on any atom is -0.480 e. The molecule has 0 radical (unpaired) electrons. The molecule has 5 heterocycles. The second kappa shape index (κ2) is 48.9. The summed E-state index contributed by atoms with van der Waals surface area (Å²) in [5.74, 6) is -15.4. The zero-order chi connectivity index (χ0) is 101. The summed E-state index contributed by atoms with van der Waals surface area (Å²) >= 11 is 0. The number of sulfonamides is 2. The lowest BCUT2D eigenvalue weighted by Crippen LogP contribution is -2.56. The van der Waals surface area contributed by atoms with E-state index in [0.717, 1.165) is 30.4 Å². The lowest BCUT2D eigenvalue weighted by atomic mass is 10.1. The molecule has 20 N–H and O–H groups in total. The van der Waals surface area contributed by atoms with E-state index in [-0.39, 0.29) is 134 Å². The van der Waals surface area contributed by atoms with Crippen LogP contribution < -0.4 is 62.8 Å². The number of carbonyl (C=O) groups is 11. The van der Waals surface area contributed by atoms with Crippen molar-refractivity contribution in [3.63, 3.8) is 0 Å². The number of aryl methyl sites for hydroxylation is 8. The summed E-state index contributed by atoms with van der Waals surface area (Å²) in [5.41, 5.74) is 1.60. The maximum absolute atomic E-state index is 15.0. The maximum atomic E-state index is 15.0. The van der Waals surface area contributed by atoms with Crippen molar-refractivity contribution in [2.45, 2.75) is 140 Å². The number of carboxylic acid groups (broad SMARTS) is 4. The Morgan fingerprint density at radius 2 is 0.906 bits per heavy atom. The molecule has 8 aromatic rings. The van der Waals surface area contributed by atoms with E-state index in [1.165, 1.54) is 67.1 Å². The van der Waals surface area contributed by atoms with Gasteiger partial charge in [-0.1, -0.05) is 47.5 Å². The second-order valence-electron chi connectivity index (χ2n) is 33.4. The van der Waals surface area contributed by atoms with Crippen molar-refractivity contribution in [1.82, 2.24) is 90.0 Å². The first kappa shape index (κ1) is 109. The van der Waals surface area contributed by atoms with Crippen LogP contribution in [0.2, 0.25) is 0 Å². The molecule has 1 aliphatic heterocycles. The van der Waals surface area contributed by atoms with E-state index in [1.54, 1.807) is 88.6 Å². The van der Waals surface area contributed by atoms with Crippen LogP contribution in [-0.2, 0) is 99.5 Å². The number of amides is 6. The molecular formula is C85H114N21O28S4+. The van der Waals surface area contributed by atoms with Gasteiger partial charge in [0.15, 0.2) is 24.2 Å². The molecule has 4 aromatic carbocycles. The number of ketones is 1. The van der Waals surface area contributed by atoms with Crippen molar-refractivity contribution in [2.75, 3.05) is 127 Å². The van der Waals surface area contributed by atoms with Crippen LogP contribution >= 0.6 is 10.9 Å². The molecule has 49 nitrogen and oxygen atoms in total. The van der Waals surface area contributed by atoms with Crippen molar-refractivity contribution < 1.29 is 121 Å². The van der Waals surface area contributed by atoms with Crippen molar-refractivity contribution in [3.05, 3.63) is 179 Å². The Labute approximate surface area is 793 Å². The number of carbonyl (C=O) groups excluding carboxylic acids is 7. The van der Waals surface area contributed by atoms with Gasteiger partial charge in [0.2, 0.25) is 54.5 Å². The van der Waals surface area contributed by atoms with Crippen LogP contribution in [0.15, 0.2) is 117 Å². The topological polar surface area (TPSA) is 707 Å². The van der Waals surface area contributed by atoms with E-state index in [2.05, 4.69) is 71.9 Å². The number of aliphatic carboxylic acids is 4. The normalized spacial score (nSPS) is 14.8. The molecule has 750 valence electrons. The minimum absolute atomic E-state index is 0.00612. The number of fused-ring (bicyclic) bond motifs is 2. The number of Topliss-reactive ketones (excluding diaryl/α,β-unsaturated/α-hetero) is 1. The van der Waals surface area contributed by atoms with Crippen LogP contribution in [0.3, 0.4) is 0 Å². The number of anilines is 2. The highest BCUT2D eigenvalue weighted by Gasteiger charge is 2.38. The fourth-order valence-corrected chi connectivity index (χ4v) is 20.5. The molecule has 1 aliphatic rings. The predicted octanol–water partition coefficient (Wildman–Crippen LogP) is -0.181. The molecule has 0 spiro atoms. The number of nitrogens with one attached hydrogen (secondary N) is 12. The van der Waals surface area contributed by atoms with Gasteiger partial charge in [-0.25, -0.2) is 26.8 Å². The number of benzene rings is 4. The fourth-order valence-electron chi connectivity index (χ4n) is 15.8. The number of aromatic amines is 2. The van der Waals surface area contributed by atoms with Gasteiger partial charge >= 0.3 is 23.9 Å². The lowest BCUT2D eigenvalue weighted by molar-refractivity contribution is -0.585. The minimum atomic E-state index is -5.30. The zero-order valence-corrected chi connectivity index (χ0v) is 79.7. The van der Waals surface area contributed by atoms with Crippen LogP contribution in [0, 0.1) is 46.4 Å². The molecule has 0 bridgehead atoms. The number of carboxylic acids is 4. The van der Waals surface area contributed by atoms with E-state index < -0.39 is 229 Å². The summed E-state index contributed by atoms with van der Waals surface area (Å²) < 4.78 is 130. The molecule has 5 atom stereocenters. The number of aromatic nitrogens is 6. The number of hydrogen-bond acceptors (Lipinski definition) is 31. The quantitative estimate of drug-likeness (QED) is 0.0102. The van der Waals surface area contributed by atoms with Gasteiger partial charge in [0.05, 0.1) is 69.7 Å². The van der Waals surface area contributed by atoms with Crippen molar-refractivity contribution in [2.24, 2.45) is 0 Å². The Morgan fingerprint density at radius 3 is 1.30 bits per heavy atom. The first-order valence-electron chi connectivity index (χ1n) is 43.3. The van der Waals surface area contributed by atoms with Crippen molar-refractivity contribution in [3.8, 4) is 0 Å². The molecule has 53 heteroatoms. The highest BCUT2D eigenvalue weighted by Crippen LogP contribution is 2.33. The summed E-state index contributed by atoms with van der Waals surface area (Å²) in [5, 5.41) is 59.9. The van der Waals surface area contributed by atoms with E-state index in [4.69, 9.17) is 0 Å². The first-order chi connectivity index (χ1) is 64.9. The molecule has 138 heavy (non-hydrogen) atoms. The van der Waals surface area contributed by atoms with Gasteiger partial charge in [0, 0.05) is 169 Å². The SMILES string of the molecule is CC(=O)[C@H](CNC(=O)c1cn(CCC[N+](=O)[C@H](CS(=O)(=O)O)NC(=O)[C@H](CCC(=O)N[C@@H](CS(O)(O)O)C(=O)NCCCn2cc(C(=O)NC[C@H](NS(=O)(=O)c3c(C)cc(C)cc3C)C(=O)O)c(=O)c3ccc(CNc4ncc[nH]4)cc32)NC(=O)CN2CCN(CC(=O)O)CCN(CC(=O)O)CCN(CC(=O)O)CC2)c2cc(CNc3ncc[nH]3)ccc2c1=O)NS(=O)(=O)c1c(C)cc(C)cc1C. The van der Waals surface area contributed by atoms with Gasteiger partial charge in [-0.3, -0.25) is 91.8 Å². The molecule has 0 unspecified atom stereocenters. The van der Waals surface area contributed by atoms with E-state index in [9.17, 15) is 131 Å². The zero-order valence-electron chi connectivity index (χ0n) is 76.4. The summed E-state index contributed by atoms with van der Waals surface area (Å²) in [7, 11) is -19.0. The molecule has 0 saturated carbocycles. The van der Waals surface area contributed by atoms with Crippen LogP contribution in [0.1, 0.15) is 97.8 Å². The first-order valence-corrected chi connectivity index (χ1v) is 49.5. The summed E-state index contributed by atoms with van der Waals surface area (Å²) in [6, 6.07) is 7.92. The standard InChI is InChI=1S/C85H113N21O28S4/c1-50-32-52(3)77(53(4)33-50)137(131,132)98-64(56(7)107)40-91-79(118)62-43-105(68-37-58(11-13-60(68)76(62)117)39-94-85-89-19-20-90-85)22-9-23-106(124)69(49-136(128,129)130)97-82(121)63(95-71(109)44-100-24-26-101(45-72(110)111)28-30-103(47-74(114)115)31-29-102(27-25-100)46-73(112)113)14-15-70(108)96-66(48-135(125,126)127)81(120)86-16-8-21-104-42-61(75(116)59-12-10-57(36-67(59)104)38-93-84-87-17-18-88-84)80(119)92-41-65(83(122)123)99-138(133,134)78-54(5)34-51(2)35-55(78)6/h10-13,17-20,32-37,42-43,63-66,69,98-99H,8-9,14-16,21-31,38-41,44-49H2,1-7H3,(H17-,86,87,88,89,90,91,92,93,94,95,96,97,108,109,110,111,112,113,114,115,118,119,120,121,122,123,125,126,127,128,129,130)/p+1/t63-,64-,65-,66-,69+/m0/s1. The lowest BCUT2D eigenvalue weighted by Gasteiger charge is -2.33. The number of pyridine rings is 2. The Kier molecular flexibility index (Phi) is 38.5. The molecule has 9 rings (SSSR count). The van der Waals surface area contributed by atoms with Crippen LogP contribution in [-0.4, -0.2) is 329 Å². The number of imidazole rings is 2. The monoisotopic (exact) mass is 2000 g/mol. The van der Waals surface area contributed by atoms with Gasteiger partial charge in [-0.2, -0.15) is 17.9 Å². The van der Waals surface area contributed by atoms with Gasteiger partial charge in [-0.15, -0.1) is 0 Å². The Balaban J connectivity index is 0.964. The second-order valence-corrected chi connectivity index (χ2v) is 39.8. The van der Waals surface area contributed by atoms with Crippen molar-refractivity contribution in [1.29, 1.82) is 0 Å². The molecule has 1 saturated heterocycles. The Morgan fingerprint density at radius 1 is 0.493 bits per heavy atom. The largest absolute Gasteiger partial charge is 0.480 e. The third kappa shape index (κ3) is 32.6. The number of nitrogens with zero attached hydrogens (tertiary/aromatic N) is 9. The van der Waals surface area contributed by atoms with Crippen LogP contribution in [0.5, 0.6) is 0 Å². The smallest absolute Gasteiger partial charge is 0.323 e. The van der Waals surface area contributed by atoms with Gasteiger partial charge < -0.3 is 90.4 Å². The molecule has 6 amide bonds. The number of rotatable bonds is 49. The molecule has 0 aliphatic carbocycles. The van der Waals surface area contributed by atoms with Crippen LogP contribution in [0.4, 0.5) is 11.9 Å². The number of nitroso groups, excluding NO2 is 1. The number of H-pyrrole nitrogens is 2. The Bertz CT molecular complexity index is 6260. The average molecular weight is 2010 g/mol. The van der Waals surface area contributed by atoms with Gasteiger partial charge in [-0.05, 0) is 119 Å². The third-order valence-corrected chi connectivity index (χ3v) is 27.2.